The number of methoxy groups -OCH3 is 1. The summed E-state index contributed by atoms with van der Waals surface area (Å²) in [6.45, 7) is 1.08. The number of hydrogen-bond acceptors (Lipinski definition) is 4. The lowest BCUT2D eigenvalue weighted by Gasteiger charge is -2.42. The van der Waals surface area contributed by atoms with Gasteiger partial charge in [0.05, 0.1) is 24.5 Å². The van der Waals surface area contributed by atoms with E-state index in [0.29, 0.717) is 12.1 Å². The van der Waals surface area contributed by atoms with Crippen molar-refractivity contribution in [1.82, 2.24) is 4.90 Å². The summed E-state index contributed by atoms with van der Waals surface area (Å²) in [6.07, 6.45) is 2.33. The number of para-hydroxylation sites is 2. The zero-order valence-corrected chi connectivity index (χ0v) is 15.6. The first-order valence-corrected chi connectivity index (χ1v) is 9.04. The highest BCUT2D eigenvalue weighted by Gasteiger charge is 2.36. The molecule has 0 amide bonds. The smallest absolute Gasteiger partial charge is 0.119 e. The first kappa shape index (κ1) is 16.3. The summed E-state index contributed by atoms with van der Waals surface area (Å²) in [5.41, 5.74) is 5.26. The lowest BCUT2D eigenvalue weighted by Crippen LogP contribution is -2.43. The molecule has 132 valence electrons. The number of piperidine rings is 1. The SMILES string of the molecule is COc1ccc2c(c1)C1CC(N(C)C)CCN1c1ccccc1N2C. The third kappa shape index (κ3) is 2.65. The molecule has 4 rings (SSSR count). The van der Waals surface area contributed by atoms with Crippen LogP contribution in [0, 0.1) is 0 Å². The minimum atomic E-state index is 0.373. The largest absolute Gasteiger partial charge is 0.497 e. The van der Waals surface area contributed by atoms with Crippen LogP contribution in [0.1, 0.15) is 24.4 Å². The van der Waals surface area contributed by atoms with Crippen LogP contribution in [0.4, 0.5) is 17.1 Å². The van der Waals surface area contributed by atoms with Crippen molar-refractivity contribution in [3.8, 4) is 5.75 Å². The molecule has 2 atom stereocenters. The van der Waals surface area contributed by atoms with Crippen LogP contribution in [0.15, 0.2) is 42.5 Å². The highest BCUT2D eigenvalue weighted by molar-refractivity contribution is 5.82. The van der Waals surface area contributed by atoms with Gasteiger partial charge in [-0.25, -0.2) is 0 Å². The third-order valence-corrected chi connectivity index (χ3v) is 5.81. The molecule has 4 nitrogen and oxygen atoms in total. The molecule has 4 heteroatoms. The lowest BCUT2D eigenvalue weighted by atomic mass is 9.90. The van der Waals surface area contributed by atoms with Gasteiger partial charge in [-0.05, 0) is 57.3 Å². The zero-order valence-electron chi connectivity index (χ0n) is 15.6. The van der Waals surface area contributed by atoms with E-state index in [1.54, 1.807) is 7.11 Å². The number of anilines is 3. The summed E-state index contributed by atoms with van der Waals surface area (Å²) < 4.78 is 5.54. The summed E-state index contributed by atoms with van der Waals surface area (Å²) in [5, 5.41) is 0. The van der Waals surface area contributed by atoms with Gasteiger partial charge in [-0.2, -0.15) is 0 Å². The molecule has 2 aliphatic rings. The van der Waals surface area contributed by atoms with E-state index in [1.807, 2.05) is 0 Å². The molecule has 2 aromatic carbocycles. The van der Waals surface area contributed by atoms with Gasteiger partial charge in [0, 0.05) is 30.9 Å². The van der Waals surface area contributed by atoms with Gasteiger partial charge in [-0.3, -0.25) is 0 Å². The number of benzene rings is 2. The highest BCUT2D eigenvalue weighted by Crippen LogP contribution is 2.48. The molecule has 2 heterocycles. The second-order valence-corrected chi connectivity index (χ2v) is 7.32. The fourth-order valence-electron chi connectivity index (χ4n) is 4.35. The second kappa shape index (κ2) is 6.26. The lowest BCUT2D eigenvalue weighted by molar-refractivity contribution is 0.225. The van der Waals surface area contributed by atoms with Crippen LogP contribution >= 0.6 is 0 Å². The monoisotopic (exact) mass is 337 g/mol. The Labute approximate surface area is 150 Å². The summed E-state index contributed by atoms with van der Waals surface area (Å²) in [4.78, 5) is 7.29. The van der Waals surface area contributed by atoms with Crippen molar-refractivity contribution in [2.24, 2.45) is 0 Å². The normalized spacial score (nSPS) is 22.1. The van der Waals surface area contributed by atoms with Crippen LogP contribution in [0.5, 0.6) is 5.75 Å². The maximum absolute atomic E-state index is 5.54. The predicted molar refractivity (Wildman–Crippen MR) is 104 cm³/mol. The van der Waals surface area contributed by atoms with E-state index < -0.39 is 0 Å². The van der Waals surface area contributed by atoms with E-state index >= 15 is 0 Å². The first-order chi connectivity index (χ1) is 12.1. The Morgan fingerprint density at radius 2 is 1.80 bits per heavy atom. The van der Waals surface area contributed by atoms with E-state index in [0.717, 1.165) is 18.7 Å². The molecule has 2 aromatic rings. The van der Waals surface area contributed by atoms with Crippen LogP contribution in [0.25, 0.3) is 0 Å². The van der Waals surface area contributed by atoms with Crippen LogP contribution < -0.4 is 14.5 Å². The first-order valence-electron chi connectivity index (χ1n) is 9.04. The number of ether oxygens (including phenoxy) is 1. The summed E-state index contributed by atoms with van der Waals surface area (Å²) in [7, 11) is 8.32. The molecule has 0 radical (unpaired) electrons. The van der Waals surface area contributed by atoms with E-state index in [-0.39, 0.29) is 0 Å². The van der Waals surface area contributed by atoms with Gasteiger partial charge in [0.15, 0.2) is 0 Å². The summed E-state index contributed by atoms with van der Waals surface area (Å²) >= 11 is 0. The fraction of sp³-hybridized carbons (Fsp3) is 0.429. The molecule has 0 N–H and O–H groups in total. The van der Waals surface area contributed by atoms with E-state index in [2.05, 4.69) is 78.3 Å². The average molecular weight is 337 g/mol. The Morgan fingerprint density at radius 3 is 2.52 bits per heavy atom. The molecule has 0 aliphatic carbocycles. The van der Waals surface area contributed by atoms with Crippen molar-refractivity contribution < 1.29 is 4.74 Å². The van der Waals surface area contributed by atoms with Gasteiger partial charge in [0.2, 0.25) is 0 Å². The maximum Gasteiger partial charge on any atom is 0.119 e. The number of hydrogen-bond donors (Lipinski definition) is 0. The van der Waals surface area contributed by atoms with Gasteiger partial charge in [-0.15, -0.1) is 0 Å². The molecule has 1 saturated heterocycles. The number of rotatable bonds is 2. The Kier molecular flexibility index (Phi) is 4.08. The van der Waals surface area contributed by atoms with Crippen LogP contribution in [0.3, 0.4) is 0 Å². The topological polar surface area (TPSA) is 19.0 Å². The number of nitrogens with zero attached hydrogens (tertiary/aromatic N) is 3. The second-order valence-electron chi connectivity index (χ2n) is 7.32. The van der Waals surface area contributed by atoms with Gasteiger partial charge in [0.1, 0.15) is 5.75 Å². The van der Waals surface area contributed by atoms with Gasteiger partial charge in [-0.1, -0.05) is 12.1 Å². The Balaban J connectivity index is 1.89. The van der Waals surface area contributed by atoms with Crippen molar-refractivity contribution in [2.75, 3.05) is 44.6 Å². The molecular formula is C21H27N3O. The molecule has 1 fully saturated rings. The molecular weight excluding hydrogens is 310 g/mol. The van der Waals surface area contributed by atoms with Crippen molar-refractivity contribution in [3.63, 3.8) is 0 Å². The van der Waals surface area contributed by atoms with E-state index in [9.17, 15) is 0 Å². The zero-order chi connectivity index (χ0) is 17.6. The Morgan fingerprint density at radius 1 is 1.04 bits per heavy atom. The molecule has 2 aliphatic heterocycles. The van der Waals surface area contributed by atoms with E-state index in [1.165, 1.54) is 29.0 Å². The quantitative estimate of drug-likeness (QED) is 0.823. The number of fused-ring (bicyclic) bond motifs is 5. The molecule has 0 aromatic heterocycles. The molecule has 2 unspecified atom stereocenters. The third-order valence-electron chi connectivity index (χ3n) is 5.81. The maximum atomic E-state index is 5.54. The van der Waals surface area contributed by atoms with Gasteiger partial charge < -0.3 is 19.4 Å². The minimum absolute atomic E-state index is 0.373. The molecule has 0 bridgehead atoms. The molecule has 0 spiro atoms. The van der Waals surface area contributed by atoms with Crippen LogP contribution in [-0.2, 0) is 0 Å². The average Bonchev–Trinajstić information content (AvgIpc) is 2.75. The summed E-state index contributed by atoms with van der Waals surface area (Å²) in [6, 6.07) is 16.3. The van der Waals surface area contributed by atoms with Crippen molar-refractivity contribution >= 4 is 17.1 Å². The Bertz CT molecular complexity index is 773. The highest BCUT2D eigenvalue weighted by atomic mass is 16.5. The van der Waals surface area contributed by atoms with Crippen molar-refractivity contribution in [3.05, 3.63) is 48.0 Å². The minimum Gasteiger partial charge on any atom is -0.497 e. The van der Waals surface area contributed by atoms with Gasteiger partial charge >= 0.3 is 0 Å². The van der Waals surface area contributed by atoms with Crippen molar-refractivity contribution in [2.45, 2.75) is 24.9 Å². The van der Waals surface area contributed by atoms with Crippen molar-refractivity contribution in [1.29, 1.82) is 0 Å². The molecule has 0 saturated carbocycles. The Hall–Kier alpha value is -2.20. The fourth-order valence-corrected chi connectivity index (χ4v) is 4.35. The standard InChI is InChI=1S/C21H27N3O/c1-22(2)15-11-12-24-20-8-6-5-7-19(20)23(3)18-10-9-16(25-4)14-17(18)21(24)13-15/h5-10,14-15,21H,11-13H2,1-4H3. The summed E-state index contributed by atoms with van der Waals surface area (Å²) in [5.74, 6) is 0.935. The van der Waals surface area contributed by atoms with Crippen LogP contribution in [0.2, 0.25) is 0 Å². The molecule has 25 heavy (non-hydrogen) atoms. The van der Waals surface area contributed by atoms with E-state index in [4.69, 9.17) is 4.74 Å². The van der Waals surface area contributed by atoms with Gasteiger partial charge in [0.25, 0.3) is 0 Å². The van der Waals surface area contributed by atoms with Crippen LogP contribution in [-0.4, -0.2) is 45.7 Å². The predicted octanol–water partition coefficient (Wildman–Crippen LogP) is 4.05.